The SMILES string of the molecule is COC(=O)c1ccc(CN(Cc2ccco2)S(=O)(=O)c2ccccc2F)o1. The van der Waals surface area contributed by atoms with Crippen molar-refractivity contribution in [2.45, 2.75) is 18.0 Å². The third kappa shape index (κ3) is 4.09. The number of furan rings is 2. The molecule has 0 unspecified atom stereocenters. The average molecular weight is 393 g/mol. The molecule has 9 heteroatoms. The number of halogens is 1. The normalized spacial score (nSPS) is 11.7. The molecule has 1 aromatic carbocycles. The summed E-state index contributed by atoms with van der Waals surface area (Å²) in [6.07, 6.45) is 1.41. The quantitative estimate of drug-likeness (QED) is 0.573. The van der Waals surface area contributed by atoms with Crippen LogP contribution >= 0.6 is 0 Å². The van der Waals surface area contributed by atoms with Gasteiger partial charge in [0.15, 0.2) is 0 Å². The van der Waals surface area contributed by atoms with E-state index >= 15 is 0 Å². The van der Waals surface area contributed by atoms with Crippen molar-refractivity contribution in [3.8, 4) is 0 Å². The molecule has 0 aliphatic rings. The first kappa shape index (κ1) is 18.9. The summed E-state index contributed by atoms with van der Waals surface area (Å²) in [5.41, 5.74) is 0. The van der Waals surface area contributed by atoms with Crippen molar-refractivity contribution in [1.29, 1.82) is 0 Å². The third-order valence-corrected chi connectivity index (χ3v) is 5.57. The first-order valence-electron chi connectivity index (χ1n) is 7.86. The van der Waals surface area contributed by atoms with E-state index in [4.69, 9.17) is 8.83 Å². The molecule has 0 atom stereocenters. The Balaban J connectivity index is 1.95. The molecule has 2 aromatic heterocycles. The Morgan fingerprint density at radius 2 is 1.81 bits per heavy atom. The number of benzene rings is 1. The summed E-state index contributed by atoms with van der Waals surface area (Å²) in [4.78, 5) is 11.1. The molecule has 0 spiro atoms. The number of rotatable bonds is 7. The lowest BCUT2D eigenvalue weighted by Gasteiger charge is -2.20. The van der Waals surface area contributed by atoms with Gasteiger partial charge < -0.3 is 13.6 Å². The molecular weight excluding hydrogens is 377 g/mol. The number of carbonyl (C=O) groups is 1. The van der Waals surface area contributed by atoms with Crippen molar-refractivity contribution in [3.63, 3.8) is 0 Å². The van der Waals surface area contributed by atoms with Crippen LogP contribution in [0.5, 0.6) is 0 Å². The fourth-order valence-corrected chi connectivity index (χ4v) is 3.88. The number of nitrogens with zero attached hydrogens (tertiary/aromatic N) is 1. The van der Waals surface area contributed by atoms with Crippen LogP contribution in [0.25, 0.3) is 0 Å². The standard InChI is InChI=1S/C18H16FNO6S/c1-24-18(21)16-9-8-14(26-16)12-20(11-13-5-4-10-25-13)27(22,23)17-7-3-2-6-15(17)19/h2-10H,11-12H2,1H3. The van der Waals surface area contributed by atoms with E-state index in [1.165, 1.54) is 43.7 Å². The average Bonchev–Trinajstić information content (AvgIpc) is 3.32. The topological polar surface area (TPSA) is 90.0 Å². The Kier molecular flexibility index (Phi) is 5.43. The molecule has 3 rings (SSSR count). The Bertz CT molecular complexity index is 1030. The summed E-state index contributed by atoms with van der Waals surface area (Å²) in [7, 11) is -3.00. The van der Waals surface area contributed by atoms with E-state index < -0.39 is 26.7 Å². The highest BCUT2D eigenvalue weighted by molar-refractivity contribution is 7.89. The monoisotopic (exact) mass is 393 g/mol. The summed E-state index contributed by atoms with van der Waals surface area (Å²) in [6.45, 7) is -0.369. The van der Waals surface area contributed by atoms with Crippen molar-refractivity contribution in [2.24, 2.45) is 0 Å². The molecule has 0 fully saturated rings. The van der Waals surface area contributed by atoms with Gasteiger partial charge in [-0.25, -0.2) is 17.6 Å². The van der Waals surface area contributed by atoms with Crippen LogP contribution in [0.4, 0.5) is 4.39 Å². The number of hydrogen-bond donors (Lipinski definition) is 0. The van der Waals surface area contributed by atoms with E-state index in [0.29, 0.717) is 5.76 Å². The van der Waals surface area contributed by atoms with E-state index in [2.05, 4.69) is 4.74 Å². The summed E-state index contributed by atoms with van der Waals surface area (Å²) in [6, 6.07) is 11.1. The van der Waals surface area contributed by atoms with E-state index in [1.807, 2.05) is 0 Å². The highest BCUT2D eigenvalue weighted by Gasteiger charge is 2.29. The molecule has 0 saturated carbocycles. The van der Waals surface area contributed by atoms with Gasteiger partial charge in [-0.1, -0.05) is 12.1 Å². The Hall–Kier alpha value is -2.91. The first-order valence-corrected chi connectivity index (χ1v) is 9.30. The molecule has 142 valence electrons. The number of ether oxygens (including phenoxy) is 1. The molecule has 27 heavy (non-hydrogen) atoms. The van der Waals surface area contributed by atoms with Crippen LogP contribution in [0.15, 0.2) is 68.5 Å². The minimum atomic E-state index is -4.20. The van der Waals surface area contributed by atoms with Gasteiger partial charge in [-0.2, -0.15) is 4.31 Å². The number of esters is 1. The van der Waals surface area contributed by atoms with Crippen LogP contribution in [0.1, 0.15) is 22.1 Å². The minimum absolute atomic E-state index is 0.0614. The van der Waals surface area contributed by atoms with Gasteiger partial charge in [-0.3, -0.25) is 0 Å². The molecule has 0 amide bonds. The minimum Gasteiger partial charge on any atom is -0.468 e. The fraction of sp³-hybridized carbons (Fsp3) is 0.167. The first-order chi connectivity index (χ1) is 12.9. The van der Waals surface area contributed by atoms with Crippen molar-refractivity contribution in [3.05, 3.63) is 77.9 Å². The summed E-state index contributed by atoms with van der Waals surface area (Å²) >= 11 is 0. The van der Waals surface area contributed by atoms with Crippen LogP contribution in [-0.4, -0.2) is 25.8 Å². The molecule has 0 aliphatic heterocycles. The van der Waals surface area contributed by atoms with Crippen LogP contribution in [0, 0.1) is 5.82 Å². The maximum absolute atomic E-state index is 14.1. The van der Waals surface area contributed by atoms with Crippen molar-refractivity contribution >= 4 is 16.0 Å². The highest BCUT2D eigenvalue weighted by Crippen LogP contribution is 2.24. The summed E-state index contributed by atoms with van der Waals surface area (Å²) in [5, 5.41) is 0. The molecule has 0 aliphatic carbocycles. The second kappa shape index (κ2) is 7.77. The number of hydrogen-bond acceptors (Lipinski definition) is 6. The van der Waals surface area contributed by atoms with Gasteiger partial charge in [0.2, 0.25) is 15.8 Å². The van der Waals surface area contributed by atoms with Gasteiger partial charge in [-0.05, 0) is 36.4 Å². The maximum Gasteiger partial charge on any atom is 0.373 e. The lowest BCUT2D eigenvalue weighted by atomic mass is 10.3. The number of methoxy groups -OCH3 is 1. The van der Waals surface area contributed by atoms with E-state index in [0.717, 1.165) is 10.4 Å². The van der Waals surface area contributed by atoms with Crippen LogP contribution in [-0.2, 0) is 27.8 Å². The van der Waals surface area contributed by atoms with Gasteiger partial charge in [0.05, 0.1) is 26.5 Å². The lowest BCUT2D eigenvalue weighted by molar-refractivity contribution is 0.0562. The van der Waals surface area contributed by atoms with Crippen molar-refractivity contribution in [1.82, 2.24) is 4.31 Å². The van der Waals surface area contributed by atoms with Crippen LogP contribution < -0.4 is 0 Å². The Labute approximate surface area is 155 Å². The maximum atomic E-state index is 14.1. The molecule has 0 bridgehead atoms. The van der Waals surface area contributed by atoms with Gasteiger partial charge in [0, 0.05) is 0 Å². The molecular formula is C18H16FNO6S. The molecule has 7 nitrogen and oxygen atoms in total. The molecule has 2 heterocycles. The largest absolute Gasteiger partial charge is 0.468 e. The second-order valence-electron chi connectivity index (χ2n) is 5.54. The zero-order valence-corrected chi connectivity index (χ0v) is 15.1. The molecule has 0 radical (unpaired) electrons. The highest BCUT2D eigenvalue weighted by atomic mass is 32.2. The zero-order chi connectivity index (χ0) is 19.4. The van der Waals surface area contributed by atoms with E-state index in [9.17, 15) is 17.6 Å². The Morgan fingerprint density at radius 1 is 1.07 bits per heavy atom. The summed E-state index contributed by atoms with van der Waals surface area (Å²) < 4.78 is 56.2. The van der Waals surface area contributed by atoms with Crippen LogP contribution in [0.3, 0.4) is 0 Å². The van der Waals surface area contributed by atoms with Gasteiger partial charge in [0.25, 0.3) is 0 Å². The lowest BCUT2D eigenvalue weighted by Crippen LogP contribution is -2.30. The fourth-order valence-electron chi connectivity index (χ4n) is 2.44. The number of sulfonamides is 1. The van der Waals surface area contributed by atoms with Crippen molar-refractivity contribution in [2.75, 3.05) is 7.11 Å². The number of carbonyl (C=O) groups excluding carboxylic acids is 1. The van der Waals surface area contributed by atoms with Crippen molar-refractivity contribution < 1.29 is 31.2 Å². The van der Waals surface area contributed by atoms with Gasteiger partial charge in [0.1, 0.15) is 22.2 Å². The van der Waals surface area contributed by atoms with Crippen LogP contribution in [0.2, 0.25) is 0 Å². The third-order valence-electron chi connectivity index (χ3n) is 3.75. The van der Waals surface area contributed by atoms with E-state index in [-0.39, 0.29) is 24.6 Å². The molecule has 3 aromatic rings. The molecule has 0 N–H and O–H groups in total. The predicted octanol–water partition coefficient (Wildman–Crippen LogP) is 3.19. The molecule has 0 saturated heterocycles. The van der Waals surface area contributed by atoms with E-state index in [1.54, 1.807) is 12.1 Å². The zero-order valence-electron chi connectivity index (χ0n) is 14.3. The smallest absolute Gasteiger partial charge is 0.373 e. The predicted molar refractivity (Wildman–Crippen MR) is 91.6 cm³/mol. The van der Waals surface area contributed by atoms with Gasteiger partial charge in [-0.15, -0.1) is 0 Å². The second-order valence-corrected chi connectivity index (χ2v) is 7.45. The van der Waals surface area contributed by atoms with Gasteiger partial charge >= 0.3 is 5.97 Å². The summed E-state index contributed by atoms with van der Waals surface area (Å²) in [5.74, 6) is -1.04. The Morgan fingerprint density at radius 3 is 2.48 bits per heavy atom.